The fraction of sp³-hybridized carbons (Fsp3) is 0.100. The first kappa shape index (κ1) is 17.5. The minimum atomic E-state index is -4.42. The summed E-state index contributed by atoms with van der Waals surface area (Å²) in [5, 5.41) is 0. The Kier molecular flexibility index (Phi) is 5.13. The predicted molar refractivity (Wildman–Crippen MR) is 95.4 cm³/mol. The number of benzene rings is 3. The molecule has 0 bridgehead atoms. The molecule has 0 N–H and O–H groups in total. The van der Waals surface area contributed by atoms with E-state index in [0.29, 0.717) is 22.4 Å². The average molecular weight is 407 g/mol. The van der Waals surface area contributed by atoms with E-state index < -0.39 is 11.7 Å². The highest BCUT2D eigenvalue weighted by Gasteiger charge is 2.33. The van der Waals surface area contributed by atoms with Gasteiger partial charge in [0.25, 0.3) is 0 Å². The van der Waals surface area contributed by atoms with E-state index in [9.17, 15) is 13.2 Å². The number of alkyl halides is 3. The van der Waals surface area contributed by atoms with Crippen molar-refractivity contribution in [2.75, 3.05) is 0 Å². The smallest absolute Gasteiger partial charge is 0.417 e. The fourth-order valence-electron chi connectivity index (χ4n) is 2.47. The molecule has 5 heteroatoms. The molecule has 0 unspecified atom stereocenters. The number of ether oxygens (including phenoxy) is 1. The molecular formula is C20H14BrF3O. The van der Waals surface area contributed by atoms with Gasteiger partial charge in [-0.3, -0.25) is 0 Å². The first-order chi connectivity index (χ1) is 11.9. The highest BCUT2D eigenvalue weighted by molar-refractivity contribution is 9.10. The summed E-state index contributed by atoms with van der Waals surface area (Å²) in [5.41, 5.74) is 0.996. The van der Waals surface area contributed by atoms with E-state index in [4.69, 9.17) is 4.74 Å². The van der Waals surface area contributed by atoms with Gasteiger partial charge in [0.2, 0.25) is 0 Å². The van der Waals surface area contributed by atoms with Crippen LogP contribution in [0.2, 0.25) is 0 Å². The Labute approximate surface area is 152 Å². The first-order valence-corrected chi connectivity index (χ1v) is 8.37. The van der Waals surface area contributed by atoms with Crippen LogP contribution in [0.25, 0.3) is 11.1 Å². The Hall–Kier alpha value is -2.27. The maximum atomic E-state index is 13.3. The second-order valence-electron chi connectivity index (χ2n) is 5.49. The lowest BCUT2D eigenvalue weighted by molar-refractivity contribution is -0.137. The zero-order chi connectivity index (χ0) is 17.9. The van der Waals surface area contributed by atoms with Gasteiger partial charge in [0.05, 0.1) is 5.56 Å². The maximum Gasteiger partial charge on any atom is 0.417 e. The normalized spacial score (nSPS) is 11.4. The Morgan fingerprint density at radius 3 is 2.16 bits per heavy atom. The van der Waals surface area contributed by atoms with Gasteiger partial charge < -0.3 is 4.74 Å². The molecular weight excluding hydrogens is 393 g/mol. The van der Waals surface area contributed by atoms with Gasteiger partial charge in [-0.1, -0.05) is 64.5 Å². The zero-order valence-corrected chi connectivity index (χ0v) is 14.6. The third-order valence-corrected chi connectivity index (χ3v) is 4.19. The summed E-state index contributed by atoms with van der Waals surface area (Å²) in [6.45, 7) is 0.409. The molecule has 0 fully saturated rings. The number of hydrogen-bond acceptors (Lipinski definition) is 1. The van der Waals surface area contributed by atoms with Gasteiger partial charge in [0.15, 0.2) is 0 Å². The molecule has 0 amide bonds. The molecule has 3 aromatic carbocycles. The van der Waals surface area contributed by atoms with Crippen molar-refractivity contribution in [3.63, 3.8) is 0 Å². The predicted octanol–water partition coefficient (Wildman–Crippen LogP) is 6.71. The molecule has 0 saturated heterocycles. The maximum absolute atomic E-state index is 13.3. The number of halogens is 4. The Morgan fingerprint density at radius 1 is 0.840 bits per heavy atom. The van der Waals surface area contributed by atoms with E-state index >= 15 is 0 Å². The minimum Gasteiger partial charge on any atom is -0.489 e. The molecule has 0 aromatic heterocycles. The summed E-state index contributed by atoms with van der Waals surface area (Å²) in [4.78, 5) is 0. The SMILES string of the molecule is FC(F)(F)c1cc(Br)ccc1-c1ccc(OCc2ccccc2)cc1. The van der Waals surface area contributed by atoms with E-state index in [1.165, 1.54) is 6.07 Å². The van der Waals surface area contributed by atoms with Crippen LogP contribution >= 0.6 is 15.9 Å². The number of hydrogen-bond donors (Lipinski definition) is 0. The molecule has 3 aromatic rings. The van der Waals surface area contributed by atoms with Crippen molar-refractivity contribution in [1.82, 2.24) is 0 Å². The van der Waals surface area contributed by atoms with E-state index in [1.54, 1.807) is 30.3 Å². The lowest BCUT2D eigenvalue weighted by Gasteiger charge is -2.14. The summed E-state index contributed by atoms with van der Waals surface area (Å²) >= 11 is 3.10. The van der Waals surface area contributed by atoms with Crippen LogP contribution in [0, 0.1) is 0 Å². The molecule has 0 spiro atoms. The lowest BCUT2D eigenvalue weighted by Crippen LogP contribution is -2.07. The molecule has 0 aliphatic heterocycles. The summed E-state index contributed by atoms with van der Waals surface area (Å²) in [6, 6.07) is 20.5. The molecule has 0 saturated carbocycles. The second-order valence-corrected chi connectivity index (χ2v) is 6.40. The van der Waals surface area contributed by atoms with Crippen LogP contribution in [0.5, 0.6) is 5.75 Å². The van der Waals surface area contributed by atoms with E-state index in [2.05, 4.69) is 15.9 Å². The van der Waals surface area contributed by atoms with Gasteiger partial charge in [-0.15, -0.1) is 0 Å². The van der Waals surface area contributed by atoms with Crippen molar-refractivity contribution in [2.45, 2.75) is 12.8 Å². The van der Waals surface area contributed by atoms with Crippen molar-refractivity contribution in [2.24, 2.45) is 0 Å². The molecule has 0 aliphatic carbocycles. The zero-order valence-electron chi connectivity index (χ0n) is 13.1. The van der Waals surface area contributed by atoms with E-state index in [-0.39, 0.29) is 5.56 Å². The standard InChI is InChI=1S/C20H14BrF3O/c21-16-8-11-18(19(12-16)20(22,23)24)15-6-9-17(10-7-15)25-13-14-4-2-1-3-5-14/h1-12H,13H2. The molecule has 0 atom stereocenters. The Morgan fingerprint density at radius 2 is 1.52 bits per heavy atom. The molecule has 0 aliphatic rings. The molecule has 128 valence electrons. The average Bonchev–Trinajstić information content (AvgIpc) is 2.61. The van der Waals surface area contributed by atoms with Gasteiger partial charge in [0, 0.05) is 4.47 Å². The highest BCUT2D eigenvalue weighted by atomic mass is 79.9. The van der Waals surface area contributed by atoms with Gasteiger partial charge in [-0.05, 0) is 41.0 Å². The molecule has 1 nitrogen and oxygen atoms in total. The summed E-state index contributed by atoms with van der Waals surface area (Å²) < 4.78 is 45.8. The van der Waals surface area contributed by atoms with Crippen LogP contribution in [0.3, 0.4) is 0 Å². The topological polar surface area (TPSA) is 9.23 Å². The van der Waals surface area contributed by atoms with Crippen LogP contribution < -0.4 is 4.74 Å². The number of rotatable bonds is 4. The summed E-state index contributed by atoms with van der Waals surface area (Å²) in [5.74, 6) is 0.610. The van der Waals surface area contributed by atoms with Gasteiger partial charge in [0.1, 0.15) is 12.4 Å². The molecule has 25 heavy (non-hydrogen) atoms. The largest absolute Gasteiger partial charge is 0.489 e. The Balaban J connectivity index is 1.81. The van der Waals surface area contributed by atoms with Crippen LogP contribution in [-0.4, -0.2) is 0 Å². The van der Waals surface area contributed by atoms with Crippen molar-refractivity contribution >= 4 is 15.9 Å². The van der Waals surface area contributed by atoms with Crippen LogP contribution in [-0.2, 0) is 12.8 Å². The molecule has 3 rings (SSSR count). The highest BCUT2D eigenvalue weighted by Crippen LogP contribution is 2.39. The van der Waals surface area contributed by atoms with Crippen molar-refractivity contribution in [1.29, 1.82) is 0 Å². The van der Waals surface area contributed by atoms with Gasteiger partial charge >= 0.3 is 6.18 Å². The lowest BCUT2D eigenvalue weighted by atomic mass is 9.99. The van der Waals surface area contributed by atoms with Crippen molar-refractivity contribution in [3.05, 3.63) is 88.4 Å². The Bertz CT molecular complexity index is 843. The molecule has 0 radical (unpaired) electrons. The van der Waals surface area contributed by atoms with Crippen molar-refractivity contribution < 1.29 is 17.9 Å². The van der Waals surface area contributed by atoms with E-state index in [1.807, 2.05) is 30.3 Å². The van der Waals surface area contributed by atoms with Gasteiger partial charge in [-0.2, -0.15) is 13.2 Å². The first-order valence-electron chi connectivity index (χ1n) is 7.57. The third-order valence-electron chi connectivity index (χ3n) is 3.70. The van der Waals surface area contributed by atoms with E-state index in [0.717, 1.165) is 11.6 Å². The van der Waals surface area contributed by atoms with Crippen molar-refractivity contribution in [3.8, 4) is 16.9 Å². The second kappa shape index (κ2) is 7.31. The fourth-order valence-corrected chi connectivity index (χ4v) is 2.84. The minimum absolute atomic E-state index is 0.144. The monoisotopic (exact) mass is 406 g/mol. The van der Waals surface area contributed by atoms with Crippen LogP contribution in [0.15, 0.2) is 77.3 Å². The van der Waals surface area contributed by atoms with Crippen LogP contribution in [0.1, 0.15) is 11.1 Å². The quantitative estimate of drug-likeness (QED) is 0.467. The summed E-state index contributed by atoms with van der Waals surface area (Å²) in [7, 11) is 0. The summed E-state index contributed by atoms with van der Waals surface area (Å²) in [6.07, 6.45) is -4.42. The van der Waals surface area contributed by atoms with Gasteiger partial charge in [-0.25, -0.2) is 0 Å². The third kappa shape index (κ3) is 4.42. The molecule has 0 heterocycles. The van der Waals surface area contributed by atoms with Crippen LogP contribution in [0.4, 0.5) is 13.2 Å².